The van der Waals surface area contributed by atoms with Gasteiger partial charge in [-0.25, -0.2) is 8.42 Å². The van der Waals surface area contributed by atoms with Gasteiger partial charge in [0.05, 0.1) is 20.7 Å². The van der Waals surface area contributed by atoms with E-state index in [1.165, 1.54) is 17.7 Å². The standard InChI is InChI=1S/C12H15ClO4S.2C12H17NO2.C11H15NO2/c1-3-8(2)9-4-6-10(7-5-9)18(16,17)11(13)12(14)15;2*1-5-8(2)11-6-9(3)10(4)12(7-11)13(14)15;1-3-9(2)11-6-4-10(5-7-11)8-12(13)14/h4-8,11H,3H2,1-2H3,(H,14,15);2*6-8H,5H2,1-4H3;4-7,9H,3,8H2,1-2H3/p-1. The number of sulfone groups is 1. The Kier molecular flexibility index (Phi) is 22.7. The molecule has 340 valence electrons. The van der Waals surface area contributed by atoms with Crippen LogP contribution in [0.15, 0.2) is 77.7 Å². The summed E-state index contributed by atoms with van der Waals surface area (Å²) in [4.78, 5) is 41.4. The molecule has 0 amide bonds. The summed E-state index contributed by atoms with van der Waals surface area (Å²) in [6.45, 7) is 24.1. The van der Waals surface area contributed by atoms with E-state index in [0.29, 0.717) is 23.7 Å². The van der Waals surface area contributed by atoms with Gasteiger partial charge in [-0.3, -0.25) is 30.3 Å². The van der Waals surface area contributed by atoms with Gasteiger partial charge in [-0.2, -0.15) is 0 Å². The van der Waals surface area contributed by atoms with Gasteiger partial charge in [0, 0.05) is 33.7 Å². The third-order valence-electron chi connectivity index (χ3n) is 11.4. The molecular weight excluding hydrogens is 834 g/mol. The number of carbonyl (C=O) groups is 1. The van der Waals surface area contributed by atoms with Crippen molar-refractivity contribution in [1.29, 1.82) is 0 Å². The zero-order valence-electron chi connectivity index (χ0n) is 38.1. The lowest BCUT2D eigenvalue weighted by Crippen LogP contribution is -2.37. The van der Waals surface area contributed by atoms with Gasteiger partial charge < -0.3 is 9.90 Å². The molecule has 0 N–H and O–H groups in total. The van der Waals surface area contributed by atoms with Gasteiger partial charge in [0.15, 0.2) is 4.71 Å². The maximum atomic E-state index is 11.8. The summed E-state index contributed by atoms with van der Waals surface area (Å²) in [6, 6.07) is 21.2. The number of carbonyl (C=O) groups excluding carboxylic acids is 1. The number of nitro benzene ring substituents is 2. The molecule has 4 aromatic carbocycles. The fourth-order valence-electron chi connectivity index (χ4n) is 5.96. The number of hydrogen-bond donors (Lipinski definition) is 0. The monoisotopic (exact) mass is 896 g/mol. The second-order valence-electron chi connectivity index (χ2n) is 15.7. The number of benzene rings is 4. The summed E-state index contributed by atoms with van der Waals surface area (Å²) >= 11 is 5.32. The highest BCUT2D eigenvalue weighted by Crippen LogP contribution is 2.30. The Balaban J connectivity index is 0.000000415. The molecule has 5 atom stereocenters. The van der Waals surface area contributed by atoms with Crippen molar-refractivity contribution in [1.82, 2.24) is 0 Å². The first-order valence-electron chi connectivity index (χ1n) is 20.8. The number of nitro groups is 3. The Morgan fingerprint density at radius 1 is 0.581 bits per heavy atom. The fraction of sp³-hybridized carbons (Fsp3) is 0.468. The summed E-state index contributed by atoms with van der Waals surface area (Å²) < 4.78 is 21.5. The SMILES string of the molecule is CCC(C)c1cc(C)c(C)c([N+](=O)[O-])c1.CCC(C)c1cc(C)c(C)c([N+](=O)[O-])c1.CCC(C)c1ccc(C[N+](=O)[O-])cc1.CCC(C)c1ccc(S(=O)(=O)C(Cl)C(=O)[O-])cc1. The van der Waals surface area contributed by atoms with Crippen molar-refractivity contribution in [3.8, 4) is 0 Å². The van der Waals surface area contributed by atoms with E-state index in [0.717, 1.165) is 70.2 Å². The number of carboxylic acids is 1. The number of rotatable bonds is 15. The van der Waals surface area contributed by atoms with E-state index >= 15 is 0 Å². The molecule has 0 aromatic heterocycles. The number of alkyl halides is 1. The van der Waals surface area contributed by atoms with Gasteiger partial charge >= 0.3 is 0 Å². The second-order valence-corrected chi connectivity index (χ2v) is 18.4. The van der Waals surface area contributed by atoms with Crippen LogP contribution in [0.3, 0.4) is 0 Å². The molecular formula is C47H63ClN3O10S-. The van der Waals surface area contributed by atoms with Crippen molar-refractivity contribution < 1.29 is 33.1 Å². The van der Waals surface area contributed by atoms with Crippen LogP contribution < -0.4 is 5.11 Å². The highest BCUT2D eigenvalue weighted by Gasteiger charge is 2.26. The van der Waals surface area contributed by atoms with E-state index < -0.39 is 20.5 Å². The van der Waals surface area contributed by atoms with Crippen molar-refractivity contribution in [2.75, 3.05) is 0 Å². The highest BCUT2D eigenvalue weighted by atomic mass is 35.5. The molecule has 4 rings (SSSR count). The molecule has 15 heteroatoms. The van der Waals surface area contributed by atoms with Crippen molar-refractivity contribution in [3.05, 3.63) is 153 Å². The molecule has 0 radical (unpaired) electrons. The average Bonchev–Trinajstić information content (AvgIpc) is 3.24. The molecule has 4 aromatic rings. The number of halogens is 1. The number of hydrogen-bond acceptors (Lipinski definition) is 10. The largest absolute Gasteiger partial charge is 0.547 e. The van der Waals surface area contributed by atoms with Crippen molar-refractivity contribution in [2.24, 2.45) is 0 Å². The fourth-order valence-corrected chi connectivity index (χ4v) is 7.28. The summed E-state index contributed by atoms with van der Waals surface area (Å²) in [6.07, 6.45) is 4.02. The van der Waals surface area contributed by atoms with E-state index in [2.05, 4.69) is 53.7 Å². The van der Waals surface area contributed by atoms with Crippen LogP contribution in [0.5, 0.6) is 0 Å². The third kappa shape index (κ3) is 16.2. The first kappa shape index (κ1) is 54.8. The maximum Gasteiger partial charge on any atom is 0.272 e. The molecule has 0 saturated heterocycles. The van der Waals surface area contributed by atoms with Crippen molar-refractivity contribution >= 4 is 38.8 Å². The summed E-state index contributed by atoms with van der Waals surface area (Å²) in [5.74, 6) is -0.219. The maximum absolute atomic E-state index is 11.8. The van der Waals surface area contributed by atoms with Crippen LogP contribution in [0.4, 0.5) is 11.4 Å². The van der Waals surface area contributed by atoms with Crippen LogP contribution in [0.25, 0.3) is 0 Å². The van der Waals surface area contributed by atoms with Gasteiger partial charge in [0.25, 0.3) is 11.4 Å². The van der Waals surface area contributed by atoms with Crippen LogP contribution in [0, 0.1) is 58.0 Å². The van der Waals surface area contributed by atoms with E-state index in [1.54, 1.807) is 38.1 Å². The Hall–Kier alpha value is -5.21. The van der Waals surface area contributed by atoms with E-state index in [9.17, 15) is 48.7 Å². The minimum atomic E-state index is -4.08. The van der Waals surface area contributed by atoms with Gasteiger partial charge in [-0.1, -0.05) is 116 Å². The summed E-state index contributed by atoms with van der Waals surface area (Å²) in [5, 5.41) is 42.5. The van der Waals surface area contributed by atoms with Crippen molar-refractivity contribution in [3.63, 3.8) is 0 Å². The molecule has 0 aliphatic rings. The molecule has 5 unspecified atom stereocenters. The zero-order chi connectivity index (χ0) is 47.6. The topological polar surface area (TPSA) is 204 Å². The van der Waals surface area contributed by atoms with Crippen molar-refractivity contribution in [2.45, 2.75) is 149 Å². The molecule has 0 fully saturated rings. The Morgan fingerprint density at radius 3 is 1.19 bits per heavy atom. The zero-order valence-corrected chi connectivity index (χ0v) is 39.6. The van der Waals surface area contributed by atoms with E-state index in [-0.39, 0.29) is 37.6 Å². The molecule has 0 heterocycles. The number of carboxylic acid groups (broad SMARTS) is 1. The number of aryl methyl sites for hydroxylation is 2. The average molecular weight is 898 g/mol. The summed E-state index contributed by atoms with van der Waals surface area (Å²) in [5.41, 5.74) is 9.16. The van der Waals surface area contributed by atoms with E-state index in [4.69, 9.17) is 11.6 Å². The van der Waals surface area contributed by atoms with Crippen LogP contribution in [-0.4, -0.2) is 33.9 Å². The van der Waals surface area contributed by atoms with Crippen LogP contribution in [0.1, 0.15) is 155 Å². The lowest BCUT2D eigenvalue weighted by molar-refractivity contribution is -0.496. The van der Waals surface area contributed by atoms with Crippen LogP contribution >= 0.6 is 11.6 Å². The molecule has 62 heavy (non-hydrogen) atoms. The third-order valence-corrected chi connectivity index (χ3v) is 13.9. The first-order valence-corrected chi connectivity index (χ1v) is 22.8. The number of aliphatic carboxylic acids is 1. The van der Waals surface area contributed by atoms with Crippen LogP contribution in [-0.2, 0) is 21.2 Å². The first-order chi connectivity index (χ1) is 28.9. The Labute approximate surface area is 372 Å². The van der Waals surface area contributed by atoms with Gasteiger partial charge in [0.2, 0.25) is 16.4 Å². The molecule has 0 spiro atoms. The minimum Gasteiger partial charge on any atom is -0.547 e. The smallest absolute Gasteiger partial charge is 0.272 e. The molecule has 0 bridgehead atoms. The Bertz CT molecular complexity index is 2150. The van der Waals surface area contributed by atoms with Gasteiger partial charge in [-0.15, -0.1) is 0 Å². The Morgan fingerprint density at radius 2 is 0.903 bits per heavy atom. The van der Waals surface area contributed by atoms with Gasteiger partial charge in [-0.05, 0) is 123 Å². The molecule has 0 aliphatic heterocycles. The predicted molar refractivity (Wildman–Crippen MR) is 245 cm³/mol. The second kappa shape index (κ2) is 25.7. The molecule has 13 nitrogen and oxygen atoms in total. The lowest BCUT2D eigenvalue weighted by atomic mass is 9.94. The number of nitrogens with zero attached hydrogens (tertiary/aromatic N) is 3. The molecule has 0 saturated carbocycles. The minimum absolute atomic E-state index is 0.0826. The predicted octanol–water partition coefficient (Wildman–Crippen LogP) is 11.7. The van der Waals surface area contributed by atoms with E-state index in [1.807, 2.05) is 52.0 Å². The molecule has 0 aliphatic carbocycles. The van der Waals surface area contributed by atoms with Gasteiger partial charge in [0.1, 0.15) is 0 Å². The van der Waals surface area contributed by atoms with Crippen LogP contribution in [0.2, 0.25) is 0 Å². The quantitative estimate of drug-likeness (QED) is 0.0627. The normalized spacial score (nSPS) is 13.2. The summed E-state index contributed by atoms with van der Waals surface area (Å²) in [7, 11) is -4.08. The lowest BCUT2D eigenvalue weighted by Gasteiger charge is -2.13. The highest BCUT2D eigenvalue weighted by molar-refractivity contribution is 7.94.